The Morgan fingerprint density at radius 3 is 2.33 bits per heavy atom. The highest BCUT2D eigenvalue weighted by Crippen LogP contribution is 2.25. The van der Waals surface area contributed by atoms with Crippen molar-refractivity contribution in [2.24, 2.45) is 5.14 Å². The number of sulfonamides is 1. The molecular formula is C16H16Cl2N2O3S. The highest BCUT2D eigenvalue weighted by atomic mass is 35.5. The van der Waals surface area contributed by atoms with Gasteiger partial charge in [0.2, 0.25) is 15.9 Å². The highest BCUT2D eigenvalue weighted by Gasteiger charge is 2.15. The van der Waals surface area contributed by atoms with E-state index in [-0.39, 0.29) is 17.2 Å². The fourth-order valence-corrected chi connectivity index (χ4v) is 3.30. The van der Waals surface area contributed by atoms with Crippen LogP contribution < -0.4 is 10.5 Å². The Balaban J connectivity index is 2.12. The molecule has 2 aromatic rings. The number of nitrogens with one attached hydrogen (secondary N) is 1. The van der Waals surface area contributed by atoms with E-state index < -0.39 is 16.1 Å². The van der Waals surface area contributed by atoms with Gasteiger partial charge in [0.25, 0.3) is 0 Å². The van der Waals surface area contributed by atoms with Gasteiger partial charge in [0.1, 0.15) is 0 Å². The number of carbonyl (C=O) groups excluding carboxylic acids is 1. The Labute approximate surface area is 150 Å². The number of benzene rings is 2. The maximum Gasteiger partial charge on any atom is 0.238 e. The van der Waals surface area contributed by atoms with Crippen LogP contribution in [0.15, 0.2) is 47.4 Å². The standard InChI is InChI=1S/C16H16Cl2N2O3S/c1-10(11-4-2-5-12(8-11)24(19,22)23)20-16(21)9-13-14(17)6-3-7-15(13)18/h2-8,10H,9H2,1H3,(H,20,21)(H2,19,22,23). The SMILES string of the molecule is CC(NC(=O)Cc1c(Cl)cccc1Cl)c1cccc(S(N)(=O)=O)c1. The Morgan fingerprint density at radius 1 is 1.17 bits per heavy atom. The summed E-state index contributed by atoms with van der Waals surface area (Å²) in [4.78, 5) is 12.2. The van der Waals surface area contributed by atoms with Crippen LogP contribution in [0, 0.1) is 0 Å². The molecule has 3 N–H and O–H groups in total. The molecule has 5 nitrogen and oxygen atoms in total. The van der Waals surface area contributed by atoms with Crippen molar-refractivity contribution in [3.05, 3.63) is 63.6 Å². The molecule has 0 aliphatic heterocycles. The van der Waals surface area contributed by atoms with Gasteiger partial charge in [-0.2, -0.15) is 0 Å². The first-order valence-corrected chi connectivity index (χ1v) is 9.33. The number of rotatable bonds is 5. The Morgan fingerprint density at radius 2 is 1.75 bits per heavy atom. The number of halogens is 2. The lowest BCUT2D eigenvalue weighted by atomic mass is 10.1. The lowest BCUT2D eigenvalue weighted by molar-refractivity contribution is -0.121. The van der Waals surface area contributed by atoms with Gasteiger partial charge in [-0.15, -0.1) is 0 Å². The zero-order valence-corrected chi connectivity index (χ0v) is 15.1. The molecule has 24 heavy (non-hydrogen) atoms. The minimum atomic E-state index is -3.79. The molecule has 0 fully saturated rings. The van der Waals surface area contributed by atoms with E-state index in [1.54, 1.807) is 37.3 Å². The summed E-state index contributed by atoms with van der Waals surface area (Å²) >= 11 is 12.1. The van der Waals surface area contributed by atoms with Gasteiger partial charge in [-0.05, 0) is 42.3 Å². The maximum absolute atomic E-state index is 12.2. The van der Waals surface area contributed by atoms with E-state index >= 15 is 0 Å². The molecule has 0 aliphatic carbocycles. The molecule has 0 saturated heterocycles. The van der Waals surface area contributed by atoms with Crippen LogP contribution in [-0.2, 0) is 21.2 Å². The molecule has 1 amide bonds. The lowest BCUT2D eigenvalue weighted by Gasteiger charge is -2.16. The van der Waals surface area contributed by atoms with Crippen molar-refractivity contribution in [3.8, 4) is 0 Å². The molecule has 0 aliphatic rings. The van der Waals surface area contributed by atoms with Gasteiger partial charge >= 0.3 is 0 Å². The molecule has 1 atom stereocenters. The van der Waals surface area contributed by atoms with E-state index in [2.05, 4.69) is 5.32 Å². The highest BCUT2D eigenvalue weighted by molar-refractivity contribution is 7.89. The molecule has 0 bridgehead atoms. The summed E-state index contributed by atoms with van der Waals surface area (Å²) in [6, 6.07) is 10.7. The van der Waals surface area contributed by atoms with Gasteiger partial charge in [0.05, 0.1) is 17.4 Å². The van der Waals surface area contributed by atoms with Crippen molar-refractivity contribution in [1.82, 2.24) is 5.32 Å². The van der Waals surface area contributed by atoms with E-state index in [0.717, 1.165) is 0 Å². The Kier molecular flexibility index (Phi) is 5.87. The third kappa shape index (κ3) is 4.70. The van der Waals surface area contributed by atoms with Crippen molar-refractivity contribution < 1.29 is 13.2 Å². The predicted molar refractivity (Wildman–Crippen MR) is 94.5 cm³/mol. The summed E-state index contributed by atoms with van der Waals surface area (Å²) < 4.78 is 22.8. The smallest absolute Gasteiger partial charge is 0.238 e. The normalized spacial score (nSPS) is 12.7. The van der Waals surface area contributed by atoms with Crippen LogP contribution in [0.25, 0.3) is 0 Å². The maximum atomic E-state index is 12.2. The second kappa shape index (κ2) is 7.53. The number of hydrogen-bond acceptors (Lipinski definition) is 3. The zero-order valence-electron chi connectivity index (χ0n) is 12.8. The summed E-state index contributed by atoms with van der Waals surface area (Å²) in [6.07, 6.45) is 0.0255. The fraction of sp³-hybridized carbons (Fsp3) is 0.188. The Hall–Kier alpha value is -1.60. The molecule has 128 valence electrons. The fourth-order valence-electron chi connectivity index (χ4n) is 2.20. The third-order valence-corrected chi connectivity index (χ3v) is 5.08. The van der Waals surface area contributed by atoms with Gasteiger partial charge in [0.15, 0.2) is 0 Å². The third-order valence-electron chi connectivity index (χ3n) is 3.46. The second-order valence-corrected chi connectivity index (χ2v) is 7.66. The number of carbonyl (C=O) groups is 1. The van der Waals surface area contributed by atoms with Crippen molar-refractivity contribution >= 4 is 39.1 Å². The predicted octanol–water partition coefficient (Wildman–Crippen LogP) is 3.06. The van der Waals surface area contributed by atoms with Crippen LogP contribution in [0.1, 0.15) is 24.1 Å². The molecular weight excluding hydrogens is 371 g/mol. The average Bonchev–Trinajstić information content (AvgIpc) is 2.50. The van der Waals surface area contributed by atoms with Crippen LogP contribution in [0.4, 0.5) is 0 Å². The van der Waals surface area contributed by atoms with E-state index in [1.807, 2.05) is 0 Å². The lowest BCUT2D eigenvalue weighted by Crippen LogP contribution is -2.28. The summed E-state index contributed by atoms with van der Waals surface area (Å²) in [5.41, 5.74) is 1.17. The molecule has 1 unspecified atom stereocenters. The van der Waals surface area contributed by atoms with Crippen LogP contribution >= 0.6 is 23.2 Å². The van der Waals surface area contributed by atoms with E-state index in [9.17, 15) is 13.2 Å². The molecule has 0 spiro atoms. The molecule has 0 radical (unpaired) electrons. The van der Waals surface area contributed by atoms with Crippen LogP contribution in [0.3, 0.4) is 0 Å². The topological polar surface area (TPSA) is 89.3 Å². The summed E-state index contributed by atoms with van der Waals surface area (Å²) in [7, 11) is -3.79. The number of amides is 1. The summed E-state index contributed by atoms with van der Waals surface area (Å²) in [5, 5.41) is 8.74. The molecule has 2 rings (SSSR count). The monoisotopic (exact) mass is 386 g/mol. The average molecular weight is 387 g/mol. The number of primary sulfonamides is 1. The van der Waals surface area contributed by atoms with E-state index in [1.165, 1.54) is 12.1 Å². The summed E-state index contributed by atoms with van der Waals surface area (Å²) in [6.45, 7) is 1.74. The van der Waals surface area contributed by atoms with Crippen LogP contribution in [-0.4, -0.2) is 14.3 Å². The number of hydrogen-bond donors (Lipinski definition) is 2. The largest absolute Gasteiger partial charge is 0.349 e. The van der Waals surface area contributed by atoms with Gasteiger partial charge in [-0.1, -0.05) is 41.4 Å². The minimum absolute atomic E-state index is 0.00440. The van der Waals surface area contributed by atoms with E-state index in [4.69, 9.17) is 28.3 Å². The first kappa shape index (κ1) is 18.7. The second-order valence-electron chi connectivity index (χ2n) is 5.28. The van der Waals surface area contributed by atoms with Crippen LogP contribution in [0.2, 0.25) is 10.0 Å². The van der Waals surface area contributed by atoms with Gasteiger partial charge < -0.3 is 5.32 Å². The van der Waals surface area contributed by atoms with Crippen molar-refractivity contribution in [2.45, 2.75) is 24.3 Å². The summed E-state index contributed by atoms with van der Waals surface area (Å²) in [5.74, 6) is -0.279. The van der Waals surface area contributed by atoms with Crippen LogP contribution in [0.5, 0.6) is 0 Å². The first-order chi connectivity index (χ1) is 11.2. The van der Waals surface area contributed by atoms with Gasteiger partial charge in [-0.25, -0.2) is 13.6 Å². The molecule has 2 aromatic carbocycles. The van der Waals surface area contributed by atoms with E-state index in [0.29, 0.717) is 21.2 Å². The van der Waals surface area contributed by atoms with Crippen molar-refractivity contribution in [1.29, 1.82) is 0 Å². The quantitative estimate of drug-likeness (QED) is 0.826. The molecule has 0 saturated carbocycles. The first-order valence-electron chi connectivity index (χ1n) is 7.03. The molecule has 8 heteroatoms. The number of nitrogens with two attached hydrogens (primary N) is 1. The molecule has 0 aromatic heterocycles. The minimum Gasteiger partial charge on any atom is -0.349 e. The van der Waals surface area contributed by atoms with Gasteiger partial charge in [-0.3, -0.25) is 4.79 Å². The molecule has 0 heterocycles. The van der Waals surface area contributed by atoms with Gasteiger partial charge in [0, 0.05) is 10.0 Å². The van der Waals surface area contributed by atoms with Crippen molar-refractivity contribution in [3.63, 3.8) is 0 Å². The van der Waals surface area contributed by atoms with Crippen molar-refractivity contribution in [2.75, 3.05) is 0 Å². The Bertz CT molecular complexity index is 849. The zero-order chi connectivity index (χ0) is 17.9.